The molecule has 0 atom stereocenters. The van der Waals surface area contributed by atoms with Crippen molar-refractivity contribution < 1.29 is 4.42 Å². The summed E-state index contributed by atoms with van der Waals surface area (Å²) in [4.78, 5) is 0. The summed E-state index contributed by atoms with van der Waals surface area (Å²) in [6.07, 6.45) is 1.94. The van der Waals surface area contributed by atoms with Gasteiger partial charge in [0.15, 0.2) is 11.4 Å². The minimum absolute atomic E-state index is 0.385. The minimum Gasteiger partial charge on any atom is -0.456 e. The van der Waals surface area contributed by atoms with Crippen molar-refractivity contribution in [2.45, 2.75) is 13.5 Å². The maximum absolute atomic E-state index is 5.57. The van der Waals surface area contributed by atoms with Gasteiger partial charge in [-0.3, -0.25) is 4.40 Å². The van der Waals surface area contributed by atoms with Crippen LogP contribution in [0, 0.1) is 6.92 Å². The van der Waals surface area contributed by atoms with Crippen LogP contribution in [0.15, 0.2) is 34.9 Å². The topological polar surface area (TPSA) is 69.3 Å². The first-order chi connectivity index (χ1) is 8.28. The molecule has 2 N–H and O–H groups in total. The summed E-state index contributed by atoms with van der Waals surface area (Å²) in [5.41, 5.74) is 7.47. The van der Waals surface area contributed by atoms with E-state index in [0.29, 0.717) is 18.1 Å². The summed E-state index contributed by atoms with van der Waals surface area (Å²) < 4.78 is 7.46. The van der Waals surface area contributed by atoms with Gasteiger partial charge in [0.2, 0.25) is 5.82 Å². The molecule has 0 amide bonds. The van der Waals surface area contributed by atoms with E-state index in [4.69, 9.17) is 10.2 Å². The number of rotatable bonds is 2. The molecule has 0 saturated heterocycles. The van der Waals surface area contributed by atoms with E-state index in [1.807, 2.05) is 41.8 Å². The Balaban J connectivity index is 2.17. The molecule has 0 bridgehead atoms. The fraction of sp³-hybridized carbons (Fsp3) is 0.167. The summed E-state index contributed by atoms with van der Waals surface area (Å²) in [5.74, 6) is 2.12. The Morgan fingerprint density at radius 1 is 1.29 bits per heavy atom. The number of aryl methyl sites for hydroxylation is 1. The molecule has 5 heteroatoms. The van der Waals surface area contributed by atoms with Crippen molar-refractivity contribution in [3.63, 3.8) is 0 Å². The Bertz CT molecular complexity index is 668. The standard InChI is InChI=1S/C12H12N4O/c1-8-4-5-16-11(6-8)14-15-12(16)10-3-2-9(7-13)17-10/h2-6H,7,13H2,1H3. The average molecular weight is 228 g/mol. The Labute approximate surface area is 97.9 Å². The number of nitrogens with zero attached hydrogens (tertiary/aromatic N) is 3. The molecule has 0 fully saturated rings. The third-order valence-corrected chi connectivity index (χ3v) is 2.65. The van der Waals surface area contributed by atoms with Crippen LogP contribution in [0.2, 0.25) is 0 Å². The summed E-state index contributed by atoms with van der Waals surface area (Å²) in [6.45, 7) is 2.41. The van der Waals surface area contributed by atoms with Gasteiger partial charge in [-0.1, -0.05) is 0 Å². The predicted octanol–water partition coefficient (Wildman–Crippen LogP) is 1.76. The number of hydrogen-bond acceptors (Lipinski definition) is 4. The van der Waals surface area contributed by atoms with E-state index >= 15 is 0 Å². The highest BCUT2D eigenvalue weighted by Crippen LogP contribution is 2.21. The van der Waals surface area contributed by atoms with Gasteiger partial charge in [0, 0.05) is 6.20 Å². The molecule has 0 saturated carbocycles. The molecule has 0 aliphatic rings. The smallest absolute Gasteiger partial charge is 0.204 e. The molecule has 3 aromatic heterocycles. The summed E-state index contributed by atoms with van der Waals surface area (Å²) in [6, 6.07) is 7.69. The van der Waals surface area contributed by atoms with Gasteiger partial charge in [-0.05, 0) is 36.8 Å². The Morgan fingerprint density at radius 2 is 2.18 bits per heavy atom. The van der Waals surface area contributed by atoms with Gasteiger partial charge >= 0.3 is 0 Å². The monoisotopic (exact) mass is 228 g/mol. The second-order valence-electron chi connectivity index (χ2n) is 3.93. The van der Waals surface area contributed by atoms with Crippen LogP contribution in [0.1, 0.15) is 11.3 Å². The van der Waals surface area contributed by atoms with Crippen LogP contribution in [0.5, 0.6) is 0 Å². The van der Waals surface area contributed by atoms with Gasteiger partial charge in [-0.15, -0.1) is 10.2 Å². The third-order valence-electron chi connectivity index (χ3n) is 2.65. The molecule has 0 radical (unpaired) electrons. The molecule has 5 nitrogen and oxygen atoms in total. The number of fused-ring (bicyclic) bond motifs is 1. The molecule has 0 aromatic carbocycles. The number of nitrogens with two attached hydrogens (primary N) is 1. The Hall–Kier alpha value is -2.14. The number of pyridine rings is 1. The maximum atomic E-state index is 5.57. The Kier molecular flexibility index (Phi) is 2.19. The van der Waals surface area contributed by atoms with Crippen molar-refractivity contribution in [2.75, 3.05) is 0 Å². The van der Waals surface area contributed by atoms with Crippen LogP contribution < -0.4 is 5.73 Å². The van der Waals surface area contributed by atoms with Crippen molar-refractivity contribution in [3.05, 3.63) is 41.8 Å². The van der Waals surface area contributed by atoms with E-state index in [1.165, 1.54) is 0 Å². The average Bonchev–Trinajstić information content (AvgIpc) is 2.93. The van der Waals surface area contributed by atoms with E-state index in [0.717, 1.165) is 17.0 Å². The first-order valence-electron chi connectivity index (χ1n) is 5.38. The third kappa shape index (κ3) is 1.60. The first kappa shape index (κ1) is 10.0. The highest BCUT2D eigenvalue weighted by molar-refractivity contribution is 5.54. The lowest BCUT2D eigenvalue weighted by Crippen LogP contribution is -1.93. The largest absolute Gasteiger partial charge is 0.456 e. The van der Waals surface area contributed by atoms with Gasteiger partial charge in [-0.2, -0.15) is 0 Å². The molecular formula is C12H12N4O. The highest BCUT2D eigenvalue weighted by Gasteiger charge is 2.11. The van der Waals surface area contributed by atoms with E-state index in [9.17, 15) is 0 Å². The first-order valence-corrected chi connectivity index (χ1v) is 5.38. The van der Waals surface area contributed by atoms with Crippen LogP contribution >= 0.6 is 0 Å². The summed E-state index contributed by atoms with van der Waals surface area (Å²) in [7, 11) is 0. The van der Waals surface area contributed by atoms with Gasteiger partial charge in [-0.25, -0.2) is 0 Å². The fourth-order valence-electron chi connectivity index (χ4n) is 1.77. The molecule has 3 aromatic rings. The molecule has 0 aliphatic carbocycles. The zero-order valence-corrected chi connectivity index (χ0v) is 9.42. The highest BCUT2D eigenvalue weighted by atomic mass is 16.3. The second-order valence-corrected chi connectivity index (χ2v) is 3.93. The SMILES string of the molecule is Cc1ccn2c(-c3ccc(CN)o3)nnc2c1. The van der Waals surface area contributed by atoms with E-state index in [1.54, 1.807) is 0 Å². The van der Waals surface area contributed by atoms with Crippen molar-refractivity contribution in [1.82, 2.24) is 14.6 Å². The number of hydrogen-bond donors (Lipinski definition) is 1. The molecule has 0 spiro atoms. The normalized spacial score (nSPS) is 11.2. The van der Waals surface area contributed by atoms with Crippen molar-refractivity contribution >= 4 is 5.65 Å². The fourth-order valence-corrected chi connectivity index (χ4v) is 1.77. The molecule has 0 aliphatic heterocycles. The van der Waals surface area contributed by atoms with E-state index in [2.05, 4.69) is 10.2 Å². The molecule has 0 unspecified atom stereocenters. The Morgan fingerprint density at radius 3 is 2.94 bits per heavy atom. The van der Waals surface area contributed by atoms with Crippen molar-refractivity contribution in [3.8, 4) is 11.6 Å². The molecule has 86 valence electrons. The van der Waals surface area contributed by atoms with E-state index < -0.39 is 0 Å². The van der Waals surface area contributed by atoms with Gasteiger partial charge in [0.1, 0.15) is 5.76 Å². The molecular weight excluding hydrogens is 216 g/mol. The maximum Gasteiger partial charge on any atom is 0.204 e. The summed E-state index contributed by atoms with van der Waals surface area (Å²) in [5, 5.41) is 8.25. The van der Waals surface area contributed by atoms with Crippen molar-refractivity contribution in [1.29, 1.82) is 0 Å². The van der Waals surface area contributed by atoms with Crippen LogP contribution in [-0.2, 0) is 6.54 Å². The molecule has 17 heavy (non-hydrogen) atoms. The lowest BCUT2D eigenvalue weighted by atomic mass is 10.3. The lowest BCUT2D eigenvalue weighted by molar-refractivity contribution is 0.521. The van der Waals surface area contributed by atoms with Crippen LogP contribution in [-0.4, -0.2) is 14.6 Å². The molecule has 3 heterocycles. The summed E-state index contributed by atoms with van der Waals surface area (Å²) >= 11 is 0. The van der Waals surface area contributed by atoms with Crippen LogP contribution in [0.25, 0.3) is 17.2 Å². The minimum atomic E-state index is 0.385. The van der Waals surface area contributed by atoms with Gasteiger partial charge < -0.3 is 10.2 Å². The number of furan rings is 1. The molecule has 3 rings (SSSR count). The lowest BCUT2D eigenvalue weighted by Gasteiger charge is -1.97. The van der Waals surface area contributed by atoms with Gasteiger partial charge in [0.05, 0.1) is 6.54 Å². The zero-order chi connectivity index (χ0) is 11.8. The zero-order valence-electron chi connectivity index (χ0n) is 9.42. The second kappa shape index (κ2) is 3.71. The predicted molar refractivity (Wildman–Crippen MR) is 63.3 cm³/mol. The quantitative estimate of drug-likeness (QED) is 0.725. The van der Waals surface area contributed by atoms with Gasteiger partial charge in [0.25, 0.3) is 0 Å². The van der Waals surface area contributed by atoms with Crippen molar-refractivity contribution in [2.24, 2.45) is 5.73 Å². The van der Waals surface area contributed by atoms with Crippen LogP contribution in [0.4, 0.5) is 0 Å². The van der Waals surface area contributed by atoms with Crippen LogP contribution in [0.3, 0.4) is 0 Å². The van der Waals surface area contributed by atoms with E-state index in [-0.39, 0.29) is 0 Å². The number of aromatic nitrogens is 3.